The molecule has 2 N–H and O–H groups in total. The van der Waals surface area contributed by atoms with Crippen LogP contribution in [0.15, 0.2) is 42.5 Å². The molecule has 162 valence electrons. The van der Waals surface area contributed by atoms with Gasteiger partial charge in [0, 0.05) is 11.1 Å². The van der Waals surface area contributed by atoms with Crippen molar-refractivity contribution in [2.24, 2.45) is 5.92 Å². The number of methoxy groups -OCH3 is 1. The molecule has 0 unspecified atom stereocenters. The Labute approximate surface area is 176 Å². The lowest BCUT2D eigenvalue weighted by Gasteiger charge is -2.24. The average molecular weight is 416 g/mol. The minimum Gasteiger partial charge on any atom is -0.493 e. The van der Waals surface area contributed by atoms with Crippen LogP contribution in [0.2, 0.25) is 0 Å². The Morgan fingerprint density at radius 3 is 2.40 bits per heavy atom. The maximum Gasteiger partial charge on any atom is 0.269 e. The Bertz CT molecular complexity index is 897. The Morgan fingerprint density at radius 1 is 1.07 bits per heavy atom. The minimum absolute atomic E-state index is 0.237. The zero-order chi connectivity index (χ0) is 22.3. The first kappa shape index (κ1) is 23.2. The molecule has 0 aliphatic rings. The first-order chi connectivity index (χ1) is 14.2. The van der Waals surface area contributed by atoms with Gasteiger partial charge in [0.25, 0.3) is 5.91 Å². The first-order valence-corrected chi connectivity index (χ1v) is 9.83. The van der Waals surface area contributed by atoms with E-state index in [1.165, 1.54) is 19.2 Å². The van der Waals surface area contributed by atoms with E-state index in [-0.39, 0.29) is 11.1 Å². The van der Waals surface area contributed by atoms with Gasteiger partial charge in [0.2, 0.25) is 5.91 Å². The summed E-state index contributed by atoms with van der Waals surface area (Å²) in [6.45, 7) is 7.92. The number of hydrazine groups is 1. The quantitative estimate of drug-likeness (QED) is 0.638. The van der Waals surface area contributed by atoms with Crippen LogP contribution in [-0.2, 0) is 10.2 Å². The summed E-state index contributed by atoms with van der Waals surface area (Å²) in [6, 6.07) is 10.8. The second kappa shape index (κ2) is 10.1. The molecule has 2 aromatic rings. The average Bonchev–Trinajstić information content (AvgIpc) is 2.71. The van der Waals surface area contributed by atoms with E-state index in [2.05, 4.69) is 24.7 Å². The van der Waals surface area contributed by atoms with Gasteiger partial charge in [-0.2, -0.15) is 0 Å². The van der Waals surface area contributed by atoms with E-state index in [9.17, 15) is 14.0 Å². The van der Waals surface area contributed by atoms with Crippen molar-refractivity contribution in [2.75, 3.05) is 13.7 Å². The van der Waals surface area contributed by atoms with Crippen LogP contribution in [0.5, 0.6) is 11.5 Å². The Kier molecular flexibility index (Phi) is 7.80. The summed E-state index contributed by atoms with van der Waals surface area (Å²) in [5.41, 5.74) is 4.08. The van der Waals surface area contributed by atoms with Crippen LogP contribution in [0.4, 0.5) is 4.39 Å². The molecule has 30 heavy (non-hydrogen) atoms. The SMILES string of the molecule is COc1cc(C(=O)NNC(=O)C(C)(C)c2ccccc2F)ccc1OCCC(C)C. The molecule has 0 bridgehead atoms. The topological polar surface area (TPSA) is 76.7 Å². The van der Waals surface area contributed by atoms with Gasteiger partial charge in [-0.3, -0.25) is 20.4 Å². The lowest BCUT2D eigenvalue weighted by molar-refractivity contribution is -0.126. The number of hydrogen-bond acceptors (Lipinski definition) is 4. The summed E-state index contributed by atoms with van der Waals surface area (Å²) in [6.07, 6.45) is 0.898. The predicted octanol–water partition coefficient (Wildman–Crippen LogP) is 4.00. The molecular weight excluding hydrogens is 387 g/mol. The van der Waals surface area contributed by atoms with Crippen molar-refractivity contribution in [3.05, 3.63) is 59.4 Å². The molecule has 0 aromatic heterocycles. The Morgan fingerprint density at radius 2 is 1.77 bits per heavy atom. The third-order valence-electron chi connectivity index (χ3n) is 4.78. The van der Waals surface area contributed by atoms with E-state index in [1.54, 1.807) is 44.2 Å². The minimum atomic E-state index is -1.18. The number of amides is 2. The number of benzene rings is 2. The van der Waals surface area contributed by atoms with Crippen LogP contribution in [0.3, 0.4) is 0 Å². The molecule has 7 heteroatoms. The van der Waals surface area contributed by atoms with Gasteiger partial charge in [-0.15, -0.1) is 0 Å². The number of rotatable bonds is 8. The highest BCUT2D eigenvalue weighted by atomic mass is 19.1. The summed E-state index contributed by atoms with van der Waals surface area (Å²) in [5.74, 6) is -0.0786. The van der Waals surface area contributed by atoms with Crippen molar-refractivity contribution in [2.45, 2.75) is 39.5 Å². The third-order valence-corrected chi connectivity index (χ3v) is 4.78. The van der Waals surface area contributed by atoms with Gasteiger partial charge in [-0.05, 0) is 50.5 Å². The van der Waals surface area contributed by atoms with Gasteiger partial charge in [0.15, 0.2) is 11.5 Å². The highest BCUT2D eigenvalue weighted by molar-refractivity contribution is 5.97. The van der Waals surface area contributed by atoms with Crippen LogP contribution >= 0.6 is 0 Å². The van der Waals surface area contributed by atoms with Crippen LogP contribution in [0.1, 0.15) is 50.0 Å². The van der Waals surface area contributed by atoms with Gasteiger partial charge in [0.1, 0.15) is 5.82 Å². The fraction of sp³-hybridized carbons (Fsp3) is 0.391. The fourth-order valence-electron chi connectivity index (χ4n) is 2.76. The number of halogens is 1. The zero-order valence-corrected chi connectivity index (χ0v) is 18.0. The molecular formula is C23H29FN2O4. The summed E-state index contributed by atoms with van der Waals surface area (Å²) in [4.78, 5) is 25.0. The molecule has 0 saturated carbocycles. The maximum atomic E-state index is 14.1. The first-order valence-electron chi connectivity index (χ1n) is 9.83. The number of carbonyl (C=O) groups is 2. The standard InChI is InChI=1S/C23H29FN2O4/c1-15(2)12-13-30-19-11-10-16(14-20(19)29-5)21(27)25-26-22(28)23(3,4)17-8-6-7-9-18(17)24/h6-11,14-15H,12-13H2,1-5H3,(H,25,27)(H,26,28). The highest BCUT2D eigenvalue weighted by Gasteiger charge is 2.32. The van der Waals surface area contributed by atoms with E-state index in [1.807, 2.05) is 0 Å². The molecule has 2 amide bonds. The van der Waals surface area contributed by atoms with E-state index in [4.69, 9.17) is 9.47 Å². The molecule has 0 aliphatic heterocycles. The fourth-order valence-corrected chi connectivity index (χ4v) is 2.76. The molecule has 0 saturated heterocycles. The van der Waals surface area contributed by atoms with Crippen molar-refractivity contribution in [3.8, 4) is 11.5 Å². The number of nitrogens with one attached hydrogen (secondary N) is 2. The number of carbonyl (C=O) groups excluding carboxylic acids is 2. The molecule has 0 heterocycles. The van der Waals surface area contributed by atoms with Crippen LogP contribution < -0.4 is 20.3 Å². The van der Waals surface area contributed by atoms with Gasteiger partial charge < -0.3 is 9.47 Å². The van der Waals surface area contributed by atoms with Crippen LogP contribution in [0.25, 0.3) is 0 Å². The third kappa shape index (κ3) is 5.72. The maximum absolute atomic E-state index is 14.1. The second-order valence-electron chi connectivity index (χ2n) is 7.91. The number of ether oxygens (including phenoxy) is 2. The summed E-state index contributed by atoms with van der Waals surface area (Å²) in [5, 5.41) is 0. The lowest BCUT2D eigenvalue weighted by atomic mass is 9.83. The summed E-state index contributed by atoms with van der Waals surface area (Å²) < 4.78 is 25.1. The van der Waals surface area contributed by atoms with Crippen molar-refractivity contribution >= 4 is 11.8 Å². The lowest BCUT2D eigenvalue weighted by Crippen LogP contribution is -2.49. The molecule has 2 aromatic carbocycles. The largest absolute Gasteiger partial charge is 0.493 e. The number of hydrogen-bond donors (Lipinski definition) is 2. The van der Waals surface area contributed by atoms with E-state index in [0.29, 0.717) is 24.0 Å². The van der Waals surface area contributed by atoms with Gasteiger partial charge >= 0.3 is 0 Å². The molecule has 0 atom stereocenters. The second-order valence-corrected chi connectivity index (χ2v) is 7.91. The van der Waals surface area contributed by atoms with Crippen LogP contribution in [-0.4, -0.2) is 25.5 Å². The van der Waals surface area contributed by atoms with Crippen molar-refractivity contribution in [3.63, 3.8) is 0 Å². The van der Waals surface area contributed by atoms with Gasteiger partial charge in [-0.1, -0.05) is 32.0 Å². The van der Waals surface area contributed by atoms with Crippen molar-refractivity contribution in [1.29, 1.82) is 0 Å². The van der Waals surface area contributed by atoms with E-state index in [0.717, 1.165) is 6.42 Å². The molecule has 6 nitrogen and oxygen atoms in total. The molecule has 0 aliphatic carbocycles. The summed E-state index contributed by atoms with van der Waals surface area (Å²) in [7, 11) is 1.49. The van der Waals surface area contributed by atoms with Gasteiger partial charge in [-0.25, -0.2) is 4.39 Å². The monoisotopic (exact) mass is 416 g/mol. The van der Waals surface area contributed by atoms with Crippen LogP contribution in [0, 0.1) is 11.7 Å². The van der Waals surface area contributed by atoms with Crippen molar-refractivity contribution < 1.29 is 23.5 Å². The van der Waals surface area contributed by atoms with Gasteiger partial charge in [0.05, 0.1) is 19.1 Å². The van der Waals surface area contributed by atoms with E-state index >= 15 is 0 Å². The summed E-state index contributed by atoms with van der Waals surface area (Å²) >= 11 is 0. The van der Waals surface area contributed by atoms with Crippen molar-refractivity contribution in [1.82, 2.24) is 10.9 Å². The van der Waals surface area contributed by atoms with E-state index < -0.39 is 23.0 Å². The Hall–Kier alpha value is -3.09. The molecule has 0 spiro atoms. The normalized spacial score (nSPS) is 11.2. The Balaban J connectivity index is 2.03. The zero-order valence-electron chi connectivity index (χ0n) is 18.0. The highest BCUT2D eigenvalue weighted by Crippen LogP contribution is 2.29. The molecule has 2 rings (SSSR count). The molecule has 0 fully saturated rings. The smallest absolute Gasteiger partial charge is 0.269 e. The predicted molar refractivity (Wildman–Crippen MR) is 113 cm³/mol. The molecule has 0 radical (unpaired) electrons.